The maximum atomic E-state index is 10.7. The highest BCUT2D eigenvalue weighted by molar-refractivity contribution is 5.83. The molecule has 4 rings (SSSR count). The fraction of sp³-hybridized carbons (Fsp3) is 0.448. The van der Waals surface area contributed by atoms with Gasteiger partial charge in [-0.2, -0.15) is 5.10 Å². The van der Waals surface area contributed by atoms with Crippen LogP contribution in [-0.2, 0) is 27.2 Å². The van der Waals surface area contributed by atoms with Crippen molar-refractivity contribution in [3.05, 3.63) is 60.3 Å². The highest BCUT2D eigenvalue weighted by Gasteiger charge is 2.26. The standard InChI is InChI=1S/C29H36N2O5/c1-34-16-15-26-28(23-7-4-3-5-8-23)29(24-9-6-10-25(17-24)35-2)30-31(26)18-21-11-13-22(14-12-21)19-36-20-27(32)33/h3-10,17,21-22H,11-16,18-20H2,1-2H3,(H,32,33)/t21-,22+. The summed E-state index contributed by atoms with van der Waals surface area (Å²) in [7, 11) is 3.42. The Morgan fingerprint density at radius 2 is 1.72 bits per heavy atom. The number of hydrogen-bond donors (Lipinski definition) is 1. The van der Waals surface area contributed by atoms with Crippen molar-refractivity contribution >= 4 is 5.97 Å². The van der Waals surface area contributed by atoms with Gasteiger partial charge in [-0.3, -0.25) is 4.68 Å². The van der Waals surface area contributed by atoms with Crippen molar-refractivity contribution in [2.75, 3.05) is 34.0 Å². The number of aliphatic carboxylic acids is 1. The lowest BCUT2D eigenvalue weighted by Gasteiger charge is -2.28. The van der Waals surface area contributed by atoms with Crippen molar-refractivity contribution in [3.63, 3.8) is 0 Å². The topological polar surface area (TPSA) is 82.8 Å². The molecule has 192 valence electrons. The van der Waals surface area contributed by atoms with E-state index in [0.717, 1.165) is 66.8 Å². The molecule has 7 nitrogen and oxygen atoms in total. The molecule has 1 aliphatic rings. The van der Waals surface area contributed by atoms with E-state index in [1.807, 2.05) is 24.3 Å². The molecule has 1 aliphatic carbocycles. The number of rotatable bonds is 12. The molecular formula is C29H36N2O5. The number of carboxylic acid groups (broad SMARTS) is 1. The number of carbonyl (C=O) groups is 1. The summed E-state index contributed by atoms with van der Waals surface area (Å²) in [5.74, 6) is 0.845. The fourth-order valence-corrected chi connectivity index (χ4v) is 5.12. The van der Waals surface area contributed by atoms with Crippen LogP contribution < -0.4 is 4.74 Å². The van der Waals surface area contributed by atoms with E-state index in [9.17, 15) is 4.79 Å². The molecule has 1 saturated carbocycles. The Morgan fingerprint density at radius 1 is 1.00 bits per heavy atom. The predicted octanol–water partition coefficient (Wildman–Crippen LogP) is 5.32. The Morgan fingerprint density at radius 3 is 2.42 bits per heavy atom. The first-order chi connectivity index (χ1) is 17.6. The van der Waals surface area contributed by atoms with Crippen molar-refractivity contribution in [1.29, 1.82) is 0 Å². The Labute approximate surface area is 213 Å². The molecule has 0 bridgehead atoms. The lowest BCUT2D eigenvalue weighted by molar-refractivity contribution is -0.142. The predicted molar refractivity (Wildman–Crippen MR) is 139 cm³/mol. The maximum Gasteiger partial charge on any atom is 0.329 e. The fourth-order valence-electron chi connectivity index (χ4n) is 5.12. The van der Waals surface area contributed by atoms with Crippen molar-refractivity contribution in [1.82, 2.24) is 9.78 Å². The third-order valence-electron chi connectivity index (χ3n) is 6.98. The molecule has 0 radical (unpaired) electrons. The maximum absolute atomic E-state index is 10.7. The minimum Gasteiger partial charge on any atom is -0.497 e. The van der Waals surface area contributed by atoms with Crippen molar-refractivity contribution in [3.8, 4) is 28.1 Å². The second-order valence-electron chi connectivity index (χ2n) is 9.49. The number of carboxylic acids is 1. The Bertz CT molecular complexity index is 1120. The number of hydrogen-bond acceptors (Lipinski definition) is 5. The summed E-state index contributed by atoms with van der Waals surface area (Å²) in [6.45, 7) is 1.78. The first-order valence-corrected chi connectivity index (χ1v) is 12.7. The number of aromatic nitrogens is 2. The molecular weight excluding hydrogens is 456 g/mol. The van der Waals surface area contributed by atoms with Crippen LogP contribution in [0.5, 0.6) is 5.75 Å². The van der Waals surface area contributed by atoms with Gasteiger partial charge >= 0.3 is 5.97 Å². The van der Waals surface area contributed by atoms with Gasteiger partial charge in [0.25, 0.3) is 0 Å². The van der Waals surface area contributed by atoms with E-state index in [0.29, 0.717) is 25.0 Å². The van der Waals surface area contributed by atoms with E-state index in [2.05, 4.69) is 35.0 Å². The third-order valence-corrected chi connectivity index (χ3v) is 6.98. The molecule has 7 heteroatoms. The summed E-state index contributed by atoms with van der Waals surface area (Å²) in [6, 6.07) is 18.5. The van der Waals surface area contributed by atoms with E-state index in [-0.39, 0.29) is 6.61 Å². The monoisotopic (exact) mass is 492 g/mol. The summed E-state index contributed by atoms with van der Waals surface area (Å²) in [5, 5.41) is 14.0. The minimum atomic E-state index is -0.910. The first-order valence-electron chi connectivity index (χ1n) is 12.7. The summed E-state index contributed by atoms with van der Waals surface area (Å²) >= 11 is 0. The summed E-state index contributed by atoms with van der Waals surface area (Å²) in [4.78, 5) is 10.7. The Kier molecular flexibility index (Phi) is 9.14. The highest BCUT2D eigenvalue weighted by atomic mass is 16.5. The third kappa shape index (κ3) is 6.53. The van der Waals surface area contributed by atoms with E-state index >= 15 is 0 Å². The zero-order valence-electron chi connectivity index (χ0n) is 21.2. The molecule has 1 aromatic heterocycles. The second kappa shape index (κ2) is 12.7. The van der Waals surface area contributed by atoms with E-state index < -0.39 is 5.97 Å². The zero-order valence-corrected chi connectivity index (χ0v) is 21.2. The average Bonchev–Trinajstić information content (AvgIpc) is 3.26. The molecule has 0 spiro atoms. The van der Waals surface area contributed by atoms with Gasteiger partial charge in [0.05, 0.1) is 20.3 Å². The largest absolute Gasteiger partial charge is 0.497 e. The number of nitrogens with zero attached hydrogens (tertiary/aromatic N) is 2. The summed E-state index contributed by atoms with van der Waals surface area (Å²) < 4.78 is 18.5. The molecule has 0 amide bonds. The Hall–Kier alpha value is -3.16. The molecule has 1 heterocycles. The molecule has 0 saturated heterocycles. The molecule has 3 aromatic rings. The van der Waals surface area contributed by atoms with Crippen LogP contribution in [0.15, 0.2) is 54.6 Å². The van der Waals surface area contributed by atoms with E-state index in [1.54, 1.807) is 14.2 Å². The van der Waals surface area contributed by atoms with E-state index in [1.165, 1.54) is 5.69 Å². The minimum absolute atomic E-state index is 0.217. The zero-order chi connectivity index (χ0) is 25.3. The highest BCUT2D eigenvalue weighted by Crippen LogP contribution is 2.38. The van der Waals surface area contributed by atoms with Gasteiger partial charge in [-0.1, -0.05) is 42.5 Å². The Balaban J connectivity index is 1.61. The quantitative estimate of drug-likeness (QED) is 0.368. The summed E-state index contributed by atoms with van der Waals surface area (Å²) in [5.41, 5.74) is 5.48. The van der Waals surface area contributed by atoms with Crippen molar-refractivity contribution in [2.45, 2.75) is 38.6 Å². The van der Waals surface area contributed by atoms with Gasteiger partial charge in [-0.05, 0) is 55.2 Å². The molecule has 2 aromatic carbocycles. The van der Waals surface area contributed by atoms with Crippen LogP contribution in [0.3, 0.4) is 0 Å². The van der Waals surface area contributed by atoms with Crippen LogP contribution in [0.4, 0.5) is 0 Å². The number of methoxy groups -OCH3 is 2. The van der Waals surface area contributed by atoms with Crippen molar-refractivity contribution < 1.29 is 24.1 Å². The van der Waals surface area contributed by atoms with Gasteiger partial charge in [0, 0.05) is 36.9 Å². The normalized spacial score (nSPS) is 17.7. The van der Waals surface area contributed by atoms with Gasteiger partial charge < -0.3 is 19.3 Å². The van der Waals surface area contributed by atoms with Gasteiger partial charge in [-0.25, -0.2) is 4.79 Å². The van der Waals surface area contributed by atoms with Gasteiger partial charge in [-0.15, -0.1) is 0 Å². The molecule has 0 aliphatic heterocycles. The smallest absolute Gasteiger partial charge is 0.329 e. The van der Waals surface area contributed by atoms with Crippen LogP contribution in [0.1, 0.15) is 31.4 Å². The number of ether oxygens (including phenoxy) is 3. The van der Waals surface area contributed by atoms with Crippen LogP contribution in [-0.4, -0.2) is 54.9 Å². The molecule has 1 N–H and O–H groups in total. The molecule has 0 unspecified atom stereocenters. The van der Waals surface area contributed by atoms with Gasteiger partial charge in [0.2, 0.25) is 0 Å². The molecule has 0 atom stereocenters. The van der Waals surface area contributed by atoms with Crippen LogP contribution in [0.25, 0.3) is 22.4 Å². The van der Waals surface area contributed by atoms with Crippen LogP contribution in [0.2, 0.25) is 0 Å². The SMILES string of the molecule is COCCc1c(-c2ccccc2)c(-c2cccc(OC)c2)nn1C[C@H]1CC[C@@H](COCC(=O)O)CC1. The average molecular weight is 493 g/mol. The number of benzene rings is 2. The molecule has 36 heavy (non-hydrogen) atoms. The first kappa shape index (κ1) is 25.9. The van der Waals surface area contributed by atoms with Crippen LogP contribution in [0, 0.1) is 11.8 Å². The van der Waals surface area contributed by atoms with E-state index in [4.69, 9.17) is 24.4 Å². The van der Waals surface area contributed by atoms with Crippen molar-refractivity contribution in [2.24, 2.45) is 11.8 Å². The van der Waals surface area contributed by atoms with Gasteiger partial charge in [0.1, 0.15) is 18.1 Å². The lowest BCUT2D eigenvalue weighted by atomic mass is 9.82. The van der Waals surface area contributed by atoms with Crippen LogP contribution >= 0.6 is 0 Å². The van der Waals surface area contributed by atoms with Gasteiger partial charge in [0.15, 0.2) is 0 Å². The molecule has 1 fully saturated rings. The second-order valence-corrected chi connectivity index (χ2v) is 9.49. The lowest BCUT2D eigenvalue weighted by Crippen LogP contribution is -2.24. The summed E-state index contributed by atoms with van der Waals surface area (Å²) in [6.07, 6.45) is 5.04.